The Bertz CT molecular complexity index is 773. The summed E-state index contributed by atoms with van der Waals surface area (Å²) >= 11 is 5.37. The molecule has 104 valence electrons. The molecule has 1 atom stereocenters. The zero-order valence-corrected chi connectivity index (χ0v) is 13.4. The highest BCUT2D eigenvalue weighted by molar-refractivity contribution is 9.09. The molecule has 0 aliphatic rings. The summed E-state index contributed by atoms with van der Waals surface area (Å²) in [5, 5.41) is 4.17. The molecule has 2 heterocycles. The molecule has 0 spiro atoms. The molecule has 0 aliphatic carbocycles. The fraction of sp³-hybridized carbons (Fsp3) is 0.267. The molecule has 20 heavy (non-hydrogen) atoms. The lowest BCUT2D eigenvalue weighted by Gasteiger charge is -2.08. The van der Waals surface area contributed by atoms with Gasteiger partial charge in [-0.25, -0.2) is 4.79 Å². The van der Waals surface area contributed by atoms with Gasteiger partial charge in [0.1, 0.15) is 0 Å². The Labute approximate surface area is 129 Å². The summed E-state index contributed by atoms with van der Waals surface area (Å²) in [6.07, 6.45) is 0.909. The van der Waals surface area contributed by atoms with Crippen molar-refractivity contribution in [2.75, 3.05) is 0 Å². The molecule has 0 radical (unpaired) electrons. The number of hydrogen-bond acceptors (Lipinski definition) is 3. The lowest BCUT2D eigenvalue weighted by molar-refractivity contribution is 0.502. The largest absolute Gasteiger partial charge is 0.419 e. The molecule has 5 heteroatoms. The van der Waals surface area contributed by atoms with Crippen LogP contribution < -0.4 is 5.76 Å². The lowest BCUT2D eigenvalue weighted by Crippen LogP contribution is -2.13. The number of hydrogen-bond donors (Lipinski definition) is 0. The number of oxazole rings is 1. The molecule has 0 saturated heterocycles. The van der Waals surface area contributed by atoms with Crippen LogP contribution in [-0.2, 0) is 6.54 Å². The van der Waals surface area contributed by atoms with Gasteiger partial charge in [0.15, 0.2) is 5.58 Å². The van der Waals surface area contributed by atoms with Crippen LogP contribution in [0.15, 0.2) is 44.2 Å². The van der Waals surface area contributed by atoms with Crippen LogP contribution >= 0.6 is 27.3 Å². The standard InChI is InChI=1S/C15H14BrNO2S/c1-2-6-17-12-4-3-10(8-13(12)19-15(17)18)14(16)11-5-7-20-9-11/h3-5,7-9,14H,2,6H2,1H3. The van der Waals surface area contributed by atoms with Gasteiger partial charge in [0, 0.05) is 6.54 Å². The first-order chi connectivity index (χ1) is 9.70. The number of fused-ring (bicyclic) bond motifs is 1. The van der Waals surface area contributed by atoms with E-state index in [4.69, 9.17) is 4.42 Å². The highest BCUT2D eigenvalue weighted by Gasteiger charge is 2.14. The Morgan fingerprint density at radius 2 is 2.20 bits per heavy atom. The van der Waals surface area contributed by atoms with E-state index in [0.29, 0.717) is 12.1 Å². The van der Waals surface area contributed by atoms with E-state index in [0.717, 1.165) is 17.5 Å². The minimum Gasteiger partial charge on any atom is -0.408 e. The van der Waals surface area contributed by atoms with Crippen molar-refractivity contribution in [2.45, 2.75) is 24.7 Å². The molecule has 0 bridgehead atoms. The van der Waals surface area contributed by atoms with Gasteiger partial charge in [0.25, 0.3) is 0 Å². The fourth-order valence-electron chi connectivity index (χ4n) is 2.29. The summed E-state index contributed by atoms with van der Waals surface area (Å²) in [7, 11) is 0. The van der Waals surface area contributed by atoms with Crippen molar-refractivity contribution < 1.29 is 4.42 Å². The molecular formula is C15H14BrNO2S. The van der Waals surface area contributed by atoms with Crippen molar-refractivity contribution >= 4 is 38.4 Å². The second-order valence-electron chi connectivity index (χ2n) is 4.67. The topological polar surface area (TPSA) is 35.1 Å². The average Bonchev–Trinajstić information content (AvgIpc) is 3.07. The average molecular weight is 352 g/mol. The van der Waals surface area contributed by atoms with Crippen molar-refractivity contribution in [3.8, 4) is 0 Å². The Kier molecular flexibility index (Phi) is 3.81. The predicted molar refractivity (Wildman–Crippen MR) is 85.9 cm³/mol. The maximum absolute atomic E-state index is 11.8. The van der Waals surface area contributed by atoms with Crippen LogP contribution in [0.2, 0.25) is 0 Å². The maximum Gasteiger partial charge on any atom is 0.419 e. The van der Waals surface area contributed by atoms with Crippen LogP contribution in [0.5, 0.6) is 0 Å². The number of nitrogens with zero attached hydrogens (tertiary/aromatic N) is 1. The summed E-state index contributed by atoms with van der Waals surface area (Å²) in [6.45, 7) is 2.73. The molecule has 0 aliphatic heterocycles. The second kappa shape index (κ2) is 5.58. The lowest BCUT2D eigenvalue weighted by atomic mass is 10.1. The second-order valence-corrected chi connectivity index (χ2v) is 6.36. The summed E-state index contributed by atoms with van der Waals surface area (Å²) in [4.78, 5) is 11.9. The quantitative estimate of drug-likeness (QED) is 0.646. The molecule has 2 aromatic heterocycles. The van der Waals surface area contributed by atoms with Crippen LogP contribution in [0.25, 0.3) is 11.1 Å². The Morgan fingerprint density at radius 1 is 1.35 bits per heavy atom. The summed E-state index contributed by atoms with van der Waals surface area (Å²) < 4.78 is 7.04. The normalized spacial score (nSPS) is 12.9. The van der Waals surface area contributed by atoms with E-state index in [1.807, 2.05) is 25.1 Å². The van der Waals surface area contributed by atoms with Gasteiger partial charge in [-0.2, -0.15) is 11.3 Å². The molecule has 3 rings (SSSR count). The van der Waals surface area contributed by atoms with Gasteiger partial charge in [-0.1, -0.05) is 28.9 Å². The number of aryl methyl sites for hydroxylation is 1. The predicted octanol–water partition coefficient (Wildman–Crippen LogP) is 4.55. The molecule has 0 N–H and O–H groups in total. The Hall–Kier alpha value is -1.33. The van der Waals surface area contributed by atoms with Crippen LogP contribution in [0, 0.1) is 0 Å². The van der Waals surface area contributed by atoms with Gasteiger partial charge in [0.2, 0.25) is 0 Å². The third-order valence-electron chi connectivity index (χ3n) is 3.27. The van der Waals surface area contributed by atoms with Gasteiger partial charge in [-0.3, -0.25) is 4.57 Å². The van der Waals surface area contributed by atoms with E-state index in [2.05, 4.69) is 32.8 Å². The molecule has 0 saturated carbocycles. The highest BCUT2D eigenvalue weighted by atomic mass is 79.9. The first-order valence-corrected chi connectivity index (χ1v) is 8.36. The zero-order chi connectivity index (χ0) is 14.1. The van der Waals surface area contributed by atoms with E-state index in [-0.39, 0.29) is 10.6 Å². The van der Waals surface area contributed by atoms with E-state index in [1.165, 1.54) is 5.56 Å². The summed E-state index contributed by atoms with van der Waals surface area (Å²) in [5.41, 5.74) is 3.82. The SMILES string of the molecule is CCCn1c(=O)oc2cc(C(Br)c3ccsc3)ccc21. The molecule has 1 aromatic carbocycles. The van der Waals surface area contributed by atoms with Crippen molar-refractivity contribution in [1.29, 1.82) is 0 Å². The Balaban J connectivity index is 2.06. The van der Waals surface area contributed by atoms with Crippen molar-refractivity contribution in [3.63, 3.8) is 0 Å². The minimum absolute atomic E-state index is 0.123. The first kappa shape index (κ1) is 13.6. The van der Waals surface area contributed by atoms with Crippen LogP contribution in [0.3, 0.4) is 0 Å². The van der Waals surface area contributed by atoms with E-state index in [9.17, 15) is 4.79 Å². The van der Waals surface area contributed by atoms with Crippen LogP contribution in [-0.4, -0.2) is 4.57 Å². The third kappa shape index (κ3) is 2.36. The molecule has 3 nitrogen and oxygen atoms in total. The number of thiophene rings is 1. The van der Waals surface area contributed by atoms with Crippen LogP contribution in [0.4, 0.5) is 0 Å². The van der Waals surface area contributed by atoms with Crippen LogP contribution in [0.1, 0.15) is 29.3 Å². The minimum atomic E-state index is -0.277. The molecule has 3 aromatic rings. The number of aromatic nitrogens is 1. The van der Waals surface area contributed by atoms with Gasteiger partial charge >= 0.3 is 5.76 Å². The summed E-state index contributed by atoms with van der Waals surface area (Å²) in [5.74, 6) is -0.277. The van der Waals surface area contributed by atoms with Gasteiger partial charge < -0.3 is 4.42 Å². The number of halogens is 1. The van der Waals surface area contributed by atoms with Crippen molar-refractivity contribution in [1.82, 2.24) is 4.57 Å². The molecule has 1 unspecified atom stereocenters. The molecule has 0 fully saturated rings. The number of benzene rings is 1. The van der Waals surface area contributed by atoms with E-state index < -0.39 is 0 Å². The van der Waals surface area contributed by atoms with Crippen molar-refractivity contribution in [2.24, 2.45) is 0 Å². The smallest absolute Gasteiger partial charge is 0.408 e. The van der Waals surface area contributed by atoms with E-state index >= 15 is 0 Å². The molecule has 0 amide bonds. The number of alkyl halides is 1. The van der Waals surface area contributed by atoms with Gasteiger partial charge in [-0.15, -0.1) is 0 Å². The monoisotopic (exact) mass is 351 g/mol. The molecular weight excluding hydrogens is 338 g/mol. The highest BCUT2D eigenvalue weighted by Crippen LogP contribution is 2.33. The van der Waals surface area contributed by atoms with E-state index in [1.54, 1.807) is 15.9 Å². The maximum atomic E-state index is 11.8. The van der Waals surface area contributed by atoms with Crippen molar-refractivity contribution in [3.05, 3.63) is 56.7 Å². The summed E-state index contributed by atoms with van der Waals surface area (Å²) in [6, 6.07) is 8.04. The third-order valence-corrected chi connectivity index (χ3v) is 5.03. The zero-order valence-electron chi connectivity index (χ0n) is 11.0. The number of rotatable bonds is 4. The van der Waals surface area contributed by atoms with Gasteiger partial charge in [0.05, 0.1) is 10.3 Å². The van der Waals surface area contributed by atoms with Gasteiger partial charge in [-0.05, 0) is 46.5 Å². The fourth-order valence-corrected chi connectivity index (χ4v) is 3.72. The Morgan fingerprint density at radius 3 is 2.90 bits per heavy atom. The first-order valence-electron chi connectivity index (χ1n) is 6.50.